The van der Waals surface area contributed by atoms with Crippen LogP contribution in [0.4, 0.5) is 0 Å². The zero-order chi connectivity index (χ0) is 14.3. The van der Waals surface area contributed by atoms with Gasteiger partial charge in [-0.2, -0.15) is 0 Å². The number of hydrogen-bond acceptors (Lipinski definition) is 2. The van der Waals surface area contributed by atoms with Crippen LogP contribution in [0.3, 0.4) is 0 Å². The molecule has 1 rings (SSSR count). The van der Waals surface area contributed by atoms with Gasteiger partial charge < -0.3 is 16.4 Å². The molecule has 0 radical (unpaired) electrons. The summed E-state index contributed by atoms with van der Waals surface area (Å²) < 4.78 is 0. The smallest absolute Gasteiger partial charge is 0.251 e. The minimum atomic E-state index is -0.0886. The minimum Gasteiger partial charge on any atom is -0.370 e. The molecule has 1 amide bonds. The Hall–Kier alpha value is -2.04. The van der Waals surface area contributed by atoms with E-state index in [1.807, 2.05) is 39.0 Å². The fraction of sp³-hybridized carbons (Fsp3) is 0.429. The Kier molecular flexibility index (Phi) is 5.85. The van der Waals surface area contributed by atoms with E-state index in [4.69, 9.17) is 5.73 Å². The highest BCUT2D eigenvalue weighted by molar-refractivity contribution is 5.94. The number of nitrogens with one attached hydrogen (secondary N) is 2. The van der Waals surface area contributed by atoms with Gasteiger partial charge in [-0.05, 0) is 32.9 Å². The number of amides is 1. The molecule has 0 aliphatic carbocycles. The summed E-state index contributed by atoms with van der Waals surface area (Å²) in [6.45, 7) is 6.86. The van der Waals surface area contributed by atoms with Crippen molar-refractivity contribution in [3.05, 3.63) is 35.4 Å². The van der Waals surface area contributed by atoms with Crippen LogP contribution in [-0.4, -0.2) is 31.0 Å². The lowest BCUT2D eigenvalue weighted by molar-refractivity contribution is 0.0954. The second-order valence-corrected chi connectivity index (χ2v) is 4.69. The largest absolute Gasteiger partial charge is 0.370 e. The summed E-state index contributed by atoms with van der Waals surface area (Å²) in [6, 6.07) is 7.73. The summed E-state index contributed by atoms with van der Waals surface area (Å²) in [4.78, 5) is 15.9. The molecule has 0 spiro atoms. The molecule has 0 saturated carbocycles. The number of nitrogens with zero attached hydrogens (tertiary/aromatic N) is 1. The van der Waals surface area contributed by atoms with E-state index in [0.717, 1.165) is 5.56 Å². The van der Waals surface area contributed by atoms with Crippen LogP contribution in [0.1, 0.15) is 29.8 Å². The molecule has 1 aromatic carbocycles. The van der Waals surface area contributed by atoms with Crippen molar-refractivity contribution in [3.8, 4) is 0 Å². The lowest BCUT2D eigenvalue weighted by Crippen LogP contribution is -2.37. The van der Waals surface area contributed by atoms with Gasteiger partial charge in [-0.3, -0.25) is 9.79 Å². The van der Waals surface area contributed by atoms with Crippen LogP contribution < -0.4 is 16.4 Å². The van der Waals surface area contributed by atoms with Crippen LogP contribution in [0.5, 0.6) is 0 Å². The fourth-order valence-electron chi connectivity index (χ4n) is 1.58. The summed E-state index contributed by atoms with van der Waals surface area (Å²) in [5, 5.41) is 5.79. The second-order valence-electron chi connectivity index (χ2n) is 4.69. The summed E-state index contributed by atoms with van der Waals surface area (Å²) >= 11 is 0. The molecule has 104 valence electrons. The Morgan fingerprint density at radius 1 is 1.42 bits per heavy atom. The molecule has 19 heavy (non-hydrogen) atoms. The number of guanidine groups is 1. The van der Waals surface area contributed by atoms with Crippen molar-refractivity contribution in [1.29, 1.82) is 0 Å². The van der Waals surface area contributed by atoms with E-state index in [0.29, 0.717) is 24.6 Å². The van der Waals surface area contributed by atoms with E-state index in [1.165, 1.54) is 0 Å². The number of rotatable bonds is 5. The summed E-state index contributed by atoms with van der Waals surface area (Å²) in [7, 11) is 0. The predicted molar refractivity (Wildman–Crippen MR) is 78.3 cm³/mol. The lowest BCUT2D eigenvalue weighted by Gasteiger charge is -2.08. The zero-order valence-electron chi connectivity index (χ0n) is 11.7. The average molecular weight is 262 g/mol. The normalized spacial score (nSPS) is 11.5. The molecule has 0 atom stereocenters. The van der Waals surface area contributed by atoms with Gasteiger partial charge in [0.2, 0.25) is 0 Å². The van der Waals surface area contributed by atoms with Gasteiger partial charge in [0.25, 0.3) is 5.91 Å². The lowest BCUT2D eigenvalue weighted by atomic mass is 10.1. The molecule has 0 saturated heterocycles. The maximum Gasteiger partial charge on any atom is 0.251 e. The zero-order valence-corrected chi connectivity index (χ0v) is 11.7. The van der Waals surface area contributed by atoms with E-state index >= 15 is 0 Å². The number of carbonyl (C=O) groups excluding carboxylic acids is 1. The Labute approximate surface area is 114 Å². The van der Waals surface area contributed by atoms with Gasteiger partial charge in [0, 0.05) is 18.2 Å². The summed E-state index contributed by atoms with van der Waals surface area (Å²) in [5.41, 5.74) is 7.38. The molecular formula is C14H22N4O. The third kappa shape index (κ3) is 5.90. The van der Waals surface area contributed by atoms with Gasteiger partial charge in [-0.15, -0.1) is 0 Å². The molecule has 0 aliphatic heterocycles. The highest BCUT2D eigenvalue weighted by Crippen LogP contribution is 2.03. The number of nitrogens with two attached hydrogens (primary N) is 1. The topological polar surface area (TPSA) is 79.5 Å². The van der Waals surface area contributed by atoms with Crippen LogP contribution >= 0.6 is 0 Å². The van der Waals surface area contributed by atoms with E-state index in [9.17, 15) is 4.79 Å². The Balaban J connectivity index is 2.35. The van der Waals surface area contributed by atoms with Gasteiger partial charge in [-0.25, -0.2) is 0 Å². The van der Waals surface area contributed by atoms with Gasteiger partial charge in [0.15, 0.2) is 5.96 Å². The van der Waals surface area contributed by atoms with Crippen LogP contribution in [0.15, 0.2) is 29.3 Å². The Morgan fingerprint density at radius 3 is 2.79 bits per heavy atom. The molecule has 0 bridgehead atoms. The summed E-state index contributed by atoms with van der Waals surface area (Å²) in [6.07, 6.45) is 0. The van der Waals surface area contributed by atoms with Crippen LogP contribution in [0.25, 0.3) is 0 Å². The first-order chi connectivity index (χ1) is 8.99. The third-order valence-electron chi connectivity index (χ3n) is 2.40. The first kappa shape index (κ1) is 15.0. The summed E-state index contributed by atoms with van der Waals surface area (Å²) in [5.74, 6) is 0.314. The highest BCUT2D eigenvalue weighted by atomic mass is 16.1. The van der Waals surface area contributed by atoms with Crippen LogP contribution in [0, 0.1) is 6.92 Å². The SMILES string of the molecule is Cc1cccc(C(=O)NCCN=C(N)NC(C)C)c1. The quantitative estimate of drug-likeness (QED) is 0.421. The predicted octanol–water partition coefficient (Wildman–Crippen LogP) is 1.04. The molecule has 0 unspecified atom stereocenters. The third-order valence-corrected chi connectivity index (χ3v) is 2.40. The van der Waals surface area contributed by atoms with Crippen LogP contribution in [-0.2, 0) is 0 Å². The minimum absolute atomic E-state index is 0.0886. The number of carbonyl (C=O) groups is 1. The number of aryl methyl sites for hydroxylation is 1. The molecule has 0 aromatic heterocycles. The Morgan fingerprint density at radius 2 is 2.16 bits per heavy atom. The fourth-order valence-corrected chi connectivity index (χ4v) is 1.58. The van der Waals surface area contributed by atoms with E-state index in [2.05, 4.69) is 15.6 Å². The molecular weight excluding hydrogens is 240 g/mol. The Bertz CT molecular complexity index is 455. The van der Waals surface area contributed by atoms with Gasteiger partial charge in [-0.1, -0.05) is 17.7 Å². The first-order valence-corrected chi connectivity index (χ1v) is 6.40. The van der Waals surface area contributed by atoms with Crippen molar-refractivity contribution in [2.45, 2.75) is 26.8 Å². The second kappa shape index (κ2) is 7.41. The van der Waals surface area contributed by atoms with Crippen LogP contribution in [0.2, 0.25) is 0 Å². The molecule has 1 aromatic rings. The van der Waals surface area contributed by atoms with E-state index < -0.39 is 0 Å². The number of benzene rings is 1. The van der Waals surface area contributed by atoms with Crippen molar-refractivity contribution in [2.75, 3.05) is 13.1 Å². The number of hydrogen-bond donors (Lipinski definition) is 3. The van der Waals surface area contributed by atoms with Gasteiger partial charge >= 0.3 is 0 Å². The first-order valence-electron chi connectivity index (χ1n) is 6.40. The monoisotopic (exact) mass is 262 g/mol. The molecule has 0 fully saturated rings. The van der Waals surface area contributed by atoms with Gasteiger partial charge in [0.05, 0.1) is 6.54 Å². The van der Waals surface area contributed by atoms with Crippen molar-refractivity contribution < 1.29 is 4.79 Å². The van der Waals surface area contributed by atoms with Crippen molar-refractivity contribution >= 4 is 11.9 Å². The maximum absolute atomic E-state index is 11.8. The van der Waals surface area contributed by atoms with Crippen molar-refractivity contribution in [2.24, 2.45) is 10.7 Å². The van der Waals surface area contributed by atoms with Crippen molar-refractivity contribution in [1.82, 2.24) is 10.6 Å². The molecule has 5 nitrogen and oxygen atoms in total. The molecule has 0 aliphatic rings. The number of aliphatic imine (C=N–C) groups is 1. The van der Waals surface area contributed by atoms with Crippen molar-refractivity contribution in [3.63, 3.8) is 0 Å². The maximum atomic E-state index is 11.8. The van der Waals surface area contributed by atoms with E-state index in [-0.39, 0.29) is 11.9 Å². The molecule has 0 heterocycles. The average Bonchev–Trinajstić information content (AvgIpc) is 2.33. The standard InChI is InChI=1S/C14H22N4O/c1-10(2)18-14(15)17-8-7-16-13(19)12-6-4-5-11(3)9-12/h4-6,9-10H,7-8H2,1-3H3,(H,16,19)(H3,15,17,18). The molecule has 4 N–H and O–H groups in total. The highest BCUT2D eigenvalue weighted by Gasteiger charge is 2.03. The van der Waals surface area contributed by atoms with E-state index in [1.54, 1.807) is 6.07 Å². The molecule has 5 heteroatoms. The van der Waals surface area contributed by atoms with Gasteiger partial charge in [0.1, 0.15) is 0 Å².